The lowest BCUT2D eigenvalue weighted by molar-refractivity contribution is -0.0655. The van der Waals surface area contributed by atoms with Crippen LogP contribution in [0.25, 0.3) is 0 Å². The van der Waals surface area contributed by atoms with E-state index in [0.717, 1.165) is 5.71 Å². The first-order chi connectivity index (χ1) is 17.0. The highest BCUT2D eigenvalue weighted by Crippen LogP contribution is 2.46. The van der Waals surface area contributed by atoms with Gasteiger partial charge in [0.15, 0.2) is 17.0 Å². The maximum atomic E-state index is 14.0. The smallest absolute Gasteiger partial charge is 0.274 e. The molecule has 1 fully saturated rings. The number of halogens is 3. The van der Waals surface area contributed by atoms with Gasteiger partial charge in [0.2, 0.25) is 5.43 Å². The van der Waals surface area contributed by atoms with Crippen LogP contribution >= 0.6 is 0 Å². The predicted octanol–water partition coefficient (Wildman–Crippen LogP) is 2.62. The first-order valence-electron chi connectivity index (χ1n) is 11.4. The van der Waals surface area contributed by atoms with E-state index in [2.05, 4.69) is 10.5 Å². The number of aromatic nitrogens is 1. The molecule has 9 nitrogen and oxygen atoms in total. The number of hydrogen-bond donors (Lipinski definition) is 2. The van der Waals surface area contributed by atoms with Crippen molar-refractivity contribution in [1.82, 2.24) is 14.8 Å². The zero-order valence-corrected chi connectivity index (χ0v) is 19.5. The van der Waals surface area contributed by atoms with Crippen LogP contribution in [0.5, 0.6) is 5.75 Å². The fraction of sp³-hybridized carbons (Fsp3) is 0.417. The van der Waals surface area contributed by atoms with Crippen LogP contribution in [0.15, 0.2) is 28.3 Å². The number of fused-ring (bicyclic) bond motifs is 5. The second-order valence-electron chi connectivity index (χ2n) is 9.53. The van der Waals surface area contributed by atoms with Crippen LogP contribution in [-0.4, -0.2) is 50.3 Å². The van der Waals surface area contributed by atoms with Crippen LogP contribution in [0.3, 0.4) is 0 Å². The fourth-order valence-electron chi connectivity index (χ4n) is 5.29. The maximum absolute atomic E-state index is 14.0. The number of benzene rings is 1. The molecule has 0 radical (unpaired) electrons. The van der Waals surface area contributed by atoms with Crippen LogP contribution in [0, 0.1) is 17.5 Å². The van der Waals surface area contributed by atoms with Gasteiger partial charge in [0.05, 0.1) is 11.8 Å². The average molecular weight is 504 g/mol. The van der Waals surface area contributed by atoms with Crippen molar-refractivity contribution in [2.24, 2.45) is 5.16 Å². The fourth-order valence-corrected chi connectivity index (χ4v) is 5.29. The molecule has 0 aliphatic carbocycles. The molecule has 2 aromatic rings. The number of nitrogens with one attached hydrogen (secondary N) is 1. The zero-order chi connectivity index (χ0) is 25.9. The van der Waals surface area contributed by atoms with Gasteiger partial charge in [-0.05, 0) is 26.7 Å². The Bertz CT molecular complexity index is 1370. The first kappa shape index (κ1) is 23.9. The Morgan fingerprint density at radius 3 is 2.61 bits per heavy atom. The van der Waals surface area contributed by atoms with Crippen LogP contribution in [0.1, 0.15) is 65.6 Å². The summed E-state index contributed by atoms with van der Waals surface area (Å²) in [5.41, 5.74) is -2.58. The minimum Gasteiger partial charge on any atom is -0.503 e. The number of pyridine rings is 1. The highest BCUT2D eigenvalue weighted by atomic mass is 19.1. The number of carbonyl (C=O) groups excluding carboxylic acids is 2. The van der Waals surface area contributed by atoms with Crippen molar-refractivity contribution in [2.75, 3.05) is 6.54 Å². The summed E-state index contributed by atoms with van der Waals surface area (Å²) in [5, 5.41) is 17.1. The van der Waals surface area contributed by atoms with E-state index in [4.69, 9.17) is 4.84 Å². The molecular formula is C24H23F3N4O5. The number of amides is 2. The molecule has 4 heterocycles. The molecule has 3 atom stereocenters. The van der Waals surface area contributed by atoms with Gasteiger partial charge < -0.3 is 24.7 Å². The molecule has 12 heteroatoms. The molecule has 2 amide bonds. The first-order valence-corrected chi connectivity index (χ1v) is 11.4. The molecule has 3 aliphatic rings. The summed E-state index contributed by atoms with van der Waals surface area (Å²) in [6.45, 7) is 3.22. The monoisotopic (exact) mass is 504 g/mol. The molecule has 1 aromatic heterocycles. The van der Waals surface area contributed by atoms with E-state index in [1.807, 2.05) is 13.8 Å². The van der Waals surface area contributed by atoms with Gasteiger partial charge in [-0.1, -0.05) is 5.16 Å². The lowest BCUT2D eigenvalue weighted by atomic mass is 9.84. The molecule has 3 aliphatic heterocycles. The second-order valence-corrected chi connectivity index (χ2v) is 9.53. The number of hydrogen-bond acceptors (Lipinski definition) is 6. The van der Waals surface area contributed by atoms with Gasteiger partial charge in [0.1, 0.15) is 23.0 Å². The Hall–Kier alpha value is -3.83. The van der Waals surface area contributed by atoms with Crippen molar-refractivity contribution >= 4 is 17.5 Å². The third-order valence-electron chi connectivity index (χ3n) is 7.22. The van der Waals surface area contributed by atoms with Crippen molar-refractivity contribution in [3.8, 4) is 5.75 Å². The van der Waals surface area contributed by atoms with E-state index >= 15 is 0 Å². The van der Waals surface area contributed by atoms with Gasteiger partial charge in [0.25, 0.3) is 11.8 Å². The molecule has 0 unspecified atom stereocenters. The molecule has 1 spiro atoms. The van der Waals surface area contributed by atoms with Crippen molar-refractivity contribution in [3.63, 3.8) is 0 Å². The minimum absolute atomic E-state index is 0.185. The van der Waals surface area contributed by atoms with E-state index in [1.165, 1.54) is 10.8 Å². The Kier molecular flexibility index (Phi) is 5.56. The topological polar surface area (TPSA) is 113 Å². The molecule has 2 bridgehead atoms. The Morgan fingerprint density at radius 2 is 1.97 bits per heavy atom. The third-order valence-corrected chi connectivity index (χ3v) is 7.22. The largest absolute Gasteiger partial charge is 0.503 e. The SMILES string of the molecule is CC1=NO[C@@]2(CC[C@@H](C)N3C[C@H]2n2cc(C(=O)NCc4c(F)cc(F)cc4F)c(=O)c(O)c2C3=O)C1. The molecule has 36 heavy (non-hydrogen) atoms. The van der Waals surface area contributed by atoms with Crippen LogP contribution in [0.2, 0.25) is 0 Å². The summed E-state index contributed by atoms with van der Waals surface area (Å²) in [7, 11) is 0. The molecule has 2 N–H and O–H groups in total. The molecule has 190 valence electrons. The summed E-state index contributed by atoms with van der Waals surface area (Å²) < 4.78 is 42.5. The van der Waals surface area contributed by atoms with E-state index < -0.39 is 69.8 Å². The normalized spacial score (nSPS) is 24.8. The van der Waals surface area contributed by atoms with Gasteiger partial charge in [0, 0.05) is 49.4 Å². The zero-order valence-electron chi connectivity index (χ0n) is 19.5. The predicted molar refractivity (Wildman–Crippen MR) is 120 cm³/mol. The van der Waals surface area contributed by atoms with Gasteiger partial charge in [-0.15, -0.1) is 0 Å². The number of rotatable bonds is 3. The van der Waals surface area contributed by atoms with Crippen LogP contribution in [0.4, 0.5) is 13.2 Å². The van der Waals surface area contributed by atoms with Crippen molar-refractivity contribution in [3.05, 3.63) is 62.8 Å². The van der Waals surface area contributed by atoms with E-state index in [1.54, 1.807) is 4.90 Å². The maximum Gasteiger partial charge on any atom is 0.274 e. The summed E-state index contributed by atoms with van der Waals surface area (Å²) in [6, 6.07) is 0.191. The second kappa shape index (κ2) is 8.38. The van der Waals surface area contributed by atoms with Gasteiger partial charge in [-0.3, -0.25) is 14.4 Å². The van der Waals surface area contributed by atoms with Gasteiger partial charge >= 0.3 is 0 Å². The van der Waals surface area contributed by atoms with Crippen LogP contribution in [-0.2, 0) is 11.4 Å². The molecular weight excluding hydrogens is 481 g/mol. The average Bonchev–Trinajstić information content (AvgIpc) is 3.14. The molecule has 5 rings (SSSR count). The molecule has 0 saturated carbocycles. The number of carbonyl (C=O) groups is 2. The summed E-state index contributed by atoms with van der Waals surface area (Å²) in [5.74, 6) is -6.00. The van der Waals surface area contributed by atoms with Crippen molar-refractivity contribution < 1.29 is 32.7 Å². The summed E-state index contributed by atoms with van der Waals surface area (Å²) >= 11 is 0. The van der Waals surface area contributed by atoms with E-state index in [9.17, 15) is 32.7 Å². The minimum atomic E-state index is -1.20. The Labute approximate surface area is 203 Å². The Morgan fingerprint density at radius 1 is 1.28 bits per heavy atom. The highest BCUT2D eigenvalue weighted by molar-refractivity contribution is 5.99. The lowest BCUT2D eigenvalue weighted by Crippen LogP contribution is -2.52. The van der Waals surface area contributed by atoms with Gasteiger partial charge in [-0.25, -0.2) is 13.2 Å². The summed E-state index contributed by atoms with van der Waals surface area (Å²) in [6.07, 6.45) is 2.77. The Balaban J connectivity index is 1.55. The molecule has 1 aromatic carbocycles. The van der Waals surface area contributed by atoms with Crippen LogP contribution < -0.4 is 10.7 Å². The quantitative estimate of drug-likeness (QED) is 0.667. The number of nitrogens with zero attached hydrogens (tertiary/aromatic N) is 3. The van der Waals surface area contributed by atoms with E-state index in [0.29, 0.717) is 31.4 Å². The van der Waals surface area contributed by atoms with E-state index in [-0.39, 0.29) is 18.3 Å². The van der Waals surface area contributed by atoms with Crippen molar-refractivity contribution in [1.29, 1.82) is 0 Å². The molecule has 1 saturated heterocycles. The summed E-state index contributed by atoms with van der Waals surface area (Å²) in [4.78, 5) is 46.5. The number of oxime groups is 1. The highest BCUT2D eigenvalue weighted by Gasteiger charge is 2.53. The third kappa shape index (κ3) is 3.62. The standard InChI is InChI=1S/C24H23F3N4O5/c1-11-7-24(36-29-11)4-3-12(2)30-10-18(24)31-9-15(20(32)21(33)19(31)23(30)35)22(34)28-8-14-16(26)5-13(25)6-17(14)27/h5-6,9,12,18,33H,3-4,7-8,10H2,1-2H3,(H,28,34)/t12-,18-,24+/m1/s1. The van der Waals surface area contributed by atoms with Gasteiger partial charge in [-0.2, -0.15) is 0 Å². The number of aromatic hydroxyl groups is 1. The lowest BCUT2D eigenvalue weighted by Gasteiger charge is -2.41. The van der Waals surface area contributed by atoms with Crippen molar-refractivity contribution in [2.45, 2.75) is 57.3 Å².